The fourth-order valence-corrected chi connectivity index (χ4v) is 8.81. The number of fused-ring (bicyclic) bond motifs is 5. The van der Waals surface area contributed by atoms with Crippen molar-refractivity contribution >= 4 is 0 Å². The molecule has 0 unspecified atom stereocenters. The molecule has 0 saturated carbocycles. The van der Waals surface area contributed by atoms with Crippen molar-refractivity contribution in [3.8, 4) is 0 Å². The van der Waals surface area contributed by atoms with Crippen molar-refractivity contribution in [1.82, 2.24) is 0 Å². The molecule has 350 valence electrons. The van der Waals surface area contributed by atoms with Crippen LogP contribution in [0.15, 0.2) is 176 Å². The van der Waals surface area contributed by atoms with E-state index >= 15 is 0 Å². The van der Waals surface area contributed by atoms with Gasteiger partial charge in [0.25, 0.3) is 0 Å². The van der Waals surface area contributed by atoms with Crippen LogP contribution in [0.1, 0.15) is 38.9 Å². The van der Waals surface area contributed by atoms with Crippen molar-refractivity contribution in [2.45, 2.75) is 108 Å². The van der Waals surface area contributed by atoms with E-state index in [2.05, 4.69) is 6.07 Å². The smallest absolute Gasteiger partial charge is 0.187 e. The van der Waals surface area contributed by atoms with E-state index in [9.17, 15) is 0 Å². The summed E-state index contributed by atoms with van der Waals surface area (Å²) in [5.41, 5.74) is 6.95. The molecule has 3 aliphatic rings. The summed E-state index contributed by atoms with van der Waals surface area (Å²) >= 11 is 0. The number of hydrogen-bond donors (Lipinski definition) is 0. The first-order chi connectivity index (χ1) is 33.2. The van der Waals surface area contributed by atoms with Gasteiger partial charge in [-0.05, 0) is 38.9 Å². The van der Waals surface area contributed by atoms with Gasteiger partial charge in [0.2, 0.25) is 0 Å². The summed E-state index contributed by atoms with van der Waals surface area (Å²) in [5.74, 6) is 0. The van der Waals surface area contributed by atoms with Crippen LogP contribution in [-0.2, 0) is 98.4 Å². The maximum Gasteiger partial charge on any atom is 0.187 e. The average molecular weight is 909 g/mol. The van der Waals surface area contributed by atoms with Crippen LogP contribution in [0.3, 0.4) is 0 Å². The van der Waals surface area contributed by atoms with E-state index < -0.39 is 61.4 Å². The Kier molecular flexibility index (Phi) is 17.0. The van der Waals surface area contributed by atoms with Crippen LogP contribution in [-0.4, -0.2) is 81.7 Å². The Balaban J connectivity index is 1.13. The standard InChI is InChI=1S/C56H60O11/c1-57-55-53(63-36-43-24-13-5-14-25-43)52(62-35-42-22-11-4-12-23-42)50-48(65-55)39-59-32-46-29-17-28-45(30-46)31-58-38-47-49(60-33-40-18-7-2-8-19-40)51(61-34-41-20-9-3-10-21-41)54(56(66-47)67-50)64-37-44-26-15-6-16-27-44/h2-30,47-56H,31-39H2,1H3/t47-,48-,49-,50-,51+,52+,53-,54-,55+,56-/m1/s1. The summed E-state index contributed by atoms with van der Waals surface area (Å²) in [6, 6.07) is 58.5. The van der Waals surface area contributed by atoms with E-state index in [1.807, 2.05) is 170 Å². The van der Waals surface area contributed by atoms with Crippen molar-refractivity contribution in [1.29, 1.82) is 0 Å². The predicted molar refractivity (Wildman–Crippen MR) is 250 cm³/mol. The van der Waals surface area contributed by atoms with Crippen LogP contribution in [0.5, 0.6) is 0 Å². The monoisotopic (exact) mass is 908 g/mol. The van der Waals surface area contributed by atoms with Crippen LogP contribution >= 0.6 is 0 Å². The lowest BCUT2D eigenvalue weighted by atomic mass is 9.95. The zero-order valence-electron chi connectivity index (χ0n) is 37.9. The molecule has 3 aliphatic heterocycles. The first-order valence-electron chi connectivity index (χ1n) is 23.2. The molecule has 4 bridgehead atoms. The van der Waals surface area contributed by atoms with Gasteiger partial charge in [-0.15, -0.1) is 0 Å². The van der Waals surface area contributed by atoms with Gasteiger partial charge in [-0.3, -0.25) is 0 Å². The summed E-state index contributed by atoms with van der Waals surface area (Å²) in [6.07, 6.45) is -7.78. The van der Waals surface area contributed by atoms with E-state index in [1.165, 1.54) is 0 Å². The van der Waals surface area contributed by atoms with Gasteiger partial charge in [0.15, 0.2) is 12.6 Å². The Morgan fingerprint density at radius 2 is 0.791 bits per heavy atom. The van der Waals surface area contributed by atoms with Gasteiger partial charge >= 0.3 is 0 Å². The van der Waals surface area contributed by atoms with E-state index in [4.69, 9.17) is 52.1 Å². The lowest BCUT2D eigenvalue weighted by molar-refractivity contribution is -0.376. The zero-order chi connectivity index (χ0) is 45.5. The van der Waals surface area contributed by atoms with Crippen molar-refractivity contribution in [2.24, 2.45) is 0 Å². The third-order valence-corrected chi connectivity index (χ3v) is 12.2. The molecule has 9 rings (SSSR count). The first kappa shape index (κ1) is 47.0. The largest absolute Gasteiger partial charge is 0.374 e. The molecule has 3 heterocycles. The van der Waals surface area contributed by atoms with Gasteiger partial charge in [-0.1, -0.05) is 176 Å². The van der Waals surface area contributed by atoms with Crippen LogP contribution < -0.4 is 0 Å². The second-order valence-electron chi connectivity index (χ2n) is 17.1. The molecular weight excluding hydrogens is 849 g/mol. The van der Waals surface area contributed by atoms with Gasteiger partial charge in [-0.2, -0.15) is 0 Å². The second-order valence-corrected chi connectivity index (χ2v) is 17.1. The first-order valence-corrected chi connectivity index (χ1v) is 23.2. The van der Waals surface area contributed by atoms with E-state index in [0.29, 0.717) is 19.8 Å². The number of methoxy groups -OCH3 is 1. The Morgan fingerprint density at radius 3 is 1.25 bits per heavy atom. The van der Waals surface area contributed by atoms with Crippen molar-refractivity contribution < 1.29 is 52.1 Å². The Morgan fingerprint density at radius 1 is 0.388 bits per heavy atom. The maximum atomic E-state index is 7.41. The fourth-order valence-electron chi connectivity index (χ4n) is 8.81. The Labute approximate surface area is 393 Å². The van der Waals surface area contributed by atoms with Gasteiger partial charge in [-0.25, -0.2) is 0 Å². The SMILES string of the molecule is CO[C@H]1O[C@@H]2COCc3cccc(c3)COC[C@H]3O[C@H](O[C@H]2[C@H](OCc2ccccc2)[C@H]1OCc1ccccc1)[C@H](OCc1ccccc1)[C@@H](OCc1ccccc1)[C@@H]3OCc1ccccc1. The summed E-state index contributed by atoms with van der Waals surface area (Å²) < 4.78 is 75.4. The van der Waals surface area contributed by atoms with Gasteiger partial charge < -0.3 is 52.1 Å². The third kappa shape index (κ3) is 12.9. The highest BCUT2D eigenvalue weighted by molar-refractivity contribution is 5.23. The highest BCUT2D eigenvalue weighted by Gasteiger charge is 2.54. The van der Waals surface area contributed by atoms with Gasteiger partial charge in [0.1, 0.15) is 48.8 Å². The molecule has 2 saturated heterocycles. The highest BCUT2D eigenvalue weighted by atomic mass is 16.8. The molecule has 0 radical (unpaired) electrons. The van der Waals surface area contributed by atoms with Crippen molar-refractivity contribution in [3.63, 3.8) is 0 Å². The van der Waals surface area contributed by atoms with Crippen molar-refractivity contribution in [2.75, 3.05) is 20.3 Å². The molecule has 0 aliphatic carbocycles. The molecular formula is C56H60O11. The van der Waals surface area contributed by atoms with Crippen molar-refractivity contribution in [3.05, 3.63) is 215 Å². The maximum absolute atomic E-state index is 7.41. The zero-order valence-corrected chi connectivity index (χ0v) is 37.9. The summed E-state index contributed by atoms with van der Waals surface area (Å²) in [4.78, 5) is 0. The van der Waals surface area contributed by atoms with Gasteiger partial charge in [0, 0.05) is 7.11 Å². The quantitative estimate of drug-likeness (QED) is 0.0930. The summed E-state index contributed by atoms with van der Waals surface area (Å²) in [5, 5.41) is 0. The molecule has 0 N–H and O–H groups in total. The number of hydrogen-bond acceptors (Lipinski definition) is 11. The minimum atomic E-state index is -1.05. The molecule has 10 atom stereocenters. The molecule has 2 fully saturated rings. The predicted octanol–water partition coefficient (Wildman–Crippen LogP) is 9.14. The van der Waals surface area contributed by atoms with E-state index in [-0.39, 0.29) is 39.6 Å². The molecule has 6 aromatic rings. The molecule has 0 spiro atoms. The number of benzene rings is 6. The number of ether oxygens (including phenoxy) is 11. The third-order valence-electron chi connectivity index (χ3n) is 12.2. The topological polar surface area (TPSA) is 102 Å². The second kappa shape index (κ2) is 24.2. The lowest BCUT2D eigenvalue weighted by Gasteiger charge is -2.50. The molecule has 11 heteroatoms. The van der Waals surface area contributed by atoms with Crippen LogP contribution in [0.2, 0.25) is 0 Å². The molecule has 67 heavy (non-hydrogen) atoms. The molecule has 6 aromatic carbocycles. The minimum Gasteiger partial charge on any atom is -0.374 e. The summed E-state index contributed by atoms with van der Waals surface area (Å²) in [6.45, 7) is 2.37. The number of rotatable bonds is 16. The average Bonchev–Trinajstić information content (AvgIpc) is 3.38. The van der Waals surface area contributed by atoms with Gasteiger partial charge in [0.05, 0.1) is 59.5 Å². The Hall–Kier alpha value is -5.12. The highest BCUT2D eigenvalue weighted by Crippen LogP contribution is 2.37. The molecule has 0 aromatic heterocycles. The van der Waals surface area contributed by atoms with E-state index in [0.717, 1.165) is 38.9 Å². The Bertz CT molecular complexity index is 2320. The molecule has 11 nitrogen and oxygen atoms in total. The normalized spacial score (nSPS) is 26.7. The van der Waals surface area contributed by atoms with Crippen LogP contribution in [0.25, 0.3) is 0 Å². The van der Waals surface area contributed by atoms with E-state index in [1.54, 1.807) is 7.11 Å². The molecule has 0 amide bonds. The fraction of sp³-hybridized carbons (Fsp3) is 0.357. The van der Waals surface area contributed by atoms with Crippen LogP contribution in [0, 0.1) is 0 Å². The summed E-state index contributed by atoms with van der Waals surface area (Å²) in [7, 11) is 1.62. The lowest BCUT2D eigenvalue weighted by Crippen LogP contribution is -2.66. The van der Waals surface area contributed by atoms with Crippen LogP contribution in [0.4, 0.5) is 0 Å². The minimum absolute atomic E-state index is 0.143.